The zero-order valence-corrected chi connectivity index (χ0v) is 10.8. The summed E-state index contributed by atoms with van der Waals surface area (Å²) in [5.74, 6) is 0.990. The molecule has 88 valence electrons. The number of benzene rings is 1. The van der Waals surface area contributed by atoms with Gasteiger partial charge in [0, 0.05) is 0 Å². The van der Waals surface area contributed by atoms with E-state index in [-0.39, 0.29) is 0 Å². The fraction of sp³-hybridized carbons (Fsp3) is 0.467. The van der Waals surface area contributed by atoms with E-state index in [1.807, 2.05) is 0 Å². The van der Waals surface area contributed by atoms with Gasteiger partial charge < -0.3 is 4.74 Å². The first kappa shape index (κ1) is 12.8. The Bertz CT molecular complexity index is 360. The van der Waals surface area contributed by atoms with E-state index in [0.29, 0.717) is 0 Å². The third-order valence-corrected chi connectivity index (χ3v) is 2.41. The molecule has 0 unspecified atom stereocenters. The Hall–Kier alpha value is -1.24. The SMILES string of the molecule is CCCOc1ccc(C=C(C)C)c(CC)c1. The molecule has 1 nitrogen and oxygen atoms in total. The lowest BCUT2D eigenvalue weighted by Crippen LogP contribution is -1.96. The molecular weight excluding hydrogens is 196 g/mol. The Kier molecular flexibility index (Phi) is 5.10. The Morgan fingerprint density at radius 1 is 1.25 bits per heavy atom. The highest BCUT2D eigenvalue weighted by Crippen LogP contribution is 2.21. The van der Waals surface area contributed by atoms with Crippen molar-refractivity contribution in [3.05, 3.63) is 34.9 Å². The quantitative estimate of drug-likeness (QED) is 0.709. The van der Waals surface area contributed by atoms with Crippen molar-refractivity contribution in [2.75, 3.05) is 6.61 Å². The molecule has 0 heterocycles. The molecular formula is C15H22O. The first-order valence-corrected chi connectivity index (χ1v) is 6.08. The fourth-order valence-corrected chi connectivity index (χ4v) is 1.65. The van der Waals surface area contributed by atoms with Crippen LogP contribution in [0.1, 0.15) is 45.2 Å². The highest BCUT2D eigenvalue weighted by atomic mass is 16.5. The van der Waals surface area contributed by atoms with E-state index >= 15 is 0 Å². The summed E-state index contributed by atoms with van der Waals surface area (Å²) in [5.41, 5.74) is 4.00. The molecule has 0 atom stereocenters. The van der Waals surface area contributed by atoms with Crippen molar-refractivity contribution < 1.29 is 4.74 Å². The second-order valence-corrected chi connectivity index (χ2v) is 4.28. The zero-order valence-electron chi connectivity index (χ0n) is 10.8. The van der Waals surface area contributed by atoms with Crippen molar-refractivity contribution in [1.82, 2.24) is 0 Å². The molecule has 0 aliphatic carbocycles. The van der Waals surface area contributed by atoms with Crippen molar-refractivity contribution in [2.24, 2.45) is 0 Å². The van der Waals surface area contributed by atoms with Gasteiger partial charge in [0.25, 0.3) is 0 Å². The van der Waals surface area contributed by atoms with Crippen LogP contribution in [0.4, 0.5) is 0 Å². The van der Waals surface area contributed by atoms with Gasteiger partial charge in [-0.1, -0.05) is 31.6 Å². The minimum Gasteiger partial charge on any atom is -0.494 e. The molecule has 0 fully saturated rings. The van der Waals surface area contributed by atoms with Crippen molar-refractivity contribution in [3.8, 4) is 5.75 Å². The maximum atomic E-state index is 5.64. The Morgan fingerprint density at radius 2 is 2.00 bits per heavy atom. The van der Waals surface area contributed by atoms with Crippen LogP contribution < -0.4 is 4.74 Å². The maximum Gasteiger partial charge on any atom is 0.119 e. The molecule has 0 amide bonds. The predicted octanol–water partition coefficient (Wildman–Crippen LogP) is 4.46. The van der Waals surface area contributed by atoms with Crippen LogP contribution in [0.2, 0.25) is 0 Å². The first-order chi connectivity index (χ1) is 7.67. The summed E-state index contributed by atoms with van der Waals surface area (Å²) in [5, 5.41) is 0. The summed E-state index contributed by atoms with van der Waals surface area (Å²) < 4.78 is 5.64. The number of hydrogen-bond acceptors (Lipinski definition) is 1. The summed E-state index contributed by atoms with van der Waals surface area (Å²) in [7, 11) is 0. The second kappa shape index (κ2) is 6.37. The third-order valence-electron chi connectivity index (χ3n) is 2.41. The van der Waals surface area contributed by atoms with Crippen LogP contribution in [0, 0.1) is 0 Å². The first-order valence-electron chi connectivity index (χ1n) is 6.08. The molecule has 0 aromatic heterocycles. The van der Waals surface area contributed by atoms with E-state index in [0.717, 1.165) is 25.2 Å². The van der Waals surface area contributed by atoms with E-state index < -0.39 is 0 Å². The standard InChI is InChI=1S/C15H22O/c1-5-9-16-15-8-7-14(10-12(3)4)13(6-2)11-15/h7-8,10-11H,5-6,9H2,1-4H3. The van der Waals surface area contributed by atoms with Crippen LogP contribution in [-0.2, 0) is 6.42 Å². The molecule has 16 heavy (non-hydrogen) atoms. The summed E-state index contributed by atoms with van der Waals surface area (Å²) in [6.45, 7) is 9.35. The van der Waals surface area contributed by atoms with Crippen LogP contribution in [-0.4, -0.2) is 6.61 Å². The monoisotopic (exact) mass is 218 g/mol. The van der Waals surface area contributed by atoms with E-state index in [1.165, 1.54) is 16.7 Å². The number of hydrogen-bond donors (Lipinski definition) is 0. The van der Waals surface area contributed by atoms with Gasteiger partial charge in [-0.05, 0) is 49.9 Å². The van der Waals surface area contributed by atoms with Gasteiger partial charge in [0.1, 0.15) is 5.75 Å². The van der Waals surface area contributed by atoms with E-state index in [9.17, 15) is 0 Å². The molecule has 0 spiro atoms. The summed E-state index contributed by atoms with van der Waals surface area (Å²) >= 11 is 0. The smallest absolute Gasteiger partial charge is 0.119 e. The van der Waals surface area contributed by atoms with Crippen LogP contribution >= 0.6 is 0 Å². The Morgan fingerprint density at radius 3 is 2.56 bits per heavy atom. The molecule has 0 N–H and O–H groups in total. The lowest BCUT2D eigenvalue weighted by Gasteiger charge is -2.09. The van der Waals surface area contributed by atoms with Gasteiger partial charge in [0.15, 0.2) is 0 Å². The highest BCUT2D eigenvalue weighted by Gasteiger charge is 2.01. The Labute approximate surface area is 99.1 Å². The van der Waals surface area contributed by atoms with Gasteiger partial charge in [-0.15, -0.1) is 0 Å². The van der Waals surface area contributed by atoms with Gasteiger partial charge in [-0.3, -0.25) is 0 Å². The van der Waals surface area contributed by atoms with Gasteiger partial charge in [0.2, 0.25) is 0 Å². The van der Waals surface area contributed by atoms with Gasteiger partial charge in [-0.25, -0.2) is 0 Å². The second-order valence-electron chi connectivity index (χ2n) is 4.28. The van der Waals surface area contributed by atoms with E-state index in [4.69, 9.17) is 4.74 Å². The normalized spacial score (nSPS) is 10.0. The summed E-state index contributed by atoms with van der Waals surface area (Å²) in [6, 6.07) is 6.37. The summed E-state index contributed by atoms with van der Waals surface area (Å²) in [6.07, 6.45) is 4.32. The zero-order chi connectivity index (χ0) is 12.0. The average Bonchev–Trinajstić information content (AvgIpc) is 2.27. The molecule has 0 saturated carbocycles. The number of aryl methyl sites for hydroxylation is 1. The van der Waals surface area contributed by atoms with Gasteiger partial charge >= 0.3 is 0 Å². The predicted molar refractivity (Wildman–Crippen MR) is 70.9 cm³/mol. The molecule has 0 radical (unpaired) electrons. The molecule has 1 heteroatoms. The lowest BCUT2D eigenvalue weighted by atomic mass is 10.0. The van der Waals surface area contributed by atoms with Crippen LogP contribution in [0.25, 0.3) is 6.08 Å². The number of rotatable bonds is 5. The van der Waals surface area contributed by atoms with Crippen molar-refractivity contribution >= 4 is 6.08 Å². The molecule has 1 aromatic rings. The third kappa shape index (κ3) is 3.73. The van der Waals surface area contributed by atoms with Crippen LogP contribution in [0.3, 0.4) is 0 Å². The van der Waals surface area contributed by atoms with Crippen molar-refractivity contribution in [2.45, 2.75) is 40.5 Å². The minimum atomic E-state index is 0.797. The lowest BCUT2D eigenvalue weighted by molar-refractivity contribution is 0.317. The highest BCUT2D eigenvalue weighted by molar-refractivity contribution is 5.57. The minimum absolute atomic E-state index is 0.797. The molecule has 1 aromatic carbocycles. The largest absolute Gasteiger partial charge is 0.494 e. The molecule has 0 aliphatic heterocycles. The molecule has 0 saturated heterocycles. The van der Waals surface area contributed by atoms with E-state index in [1.54, 1.807) is 0 Å². The van der Waals surface area contributed by atoms with Gasteiger partial charge in [0.05, 0.1) is 6.61 Å². The average molecular weight is 218 g/mol. The molecule has 0 aliphatic rings. The van der Waals surface area contributed by atoms with Crippen molar-refractivity contribution in [1.29, 1.82) is 0 Å². The molecule has 1 rings (SSSR count). The maximum absolute atomic E-state index is 5.64. The van der Waals surface area contributed by atoms with Gasteiger partial charge in [-0.2, -0.15) is 0 Å². The number of ether oxygens (including phenoxy) is 1. The topological polar surface area (TPSA) is 9.23 Å². The fourth-order valence-electron chi connectivity index (χ4n) is 1.65. The number of allylic oxidation sites excluding steroid dienone is 1. The van der Waals surface area contributed by atoms with Crippen LogP contribution in [0.5, 0.6) is 5.75 Å². The van der Waals surface area contributed by atoms with Crippen LogP contribution in [0.15, 0.2) is 23.8 Å². The van der Waals surface area contributed by atoms with E-state index in [2.05, 4.69) is 52.0 Å². The Balaban J connectivity index is 2.93. The molecule has 0 bridgehead atoms. The van der Waals surface area contributed by atoms with Crippen molar-refractivity contribution in [3.63, 3.8) is 0 Å². The summed E-state index contributed by atoms with van der Waals surface area (Å²) in [4.78, 5) is 0.